The Balaban J connectivity index is 2.29. The fourth-order valence-corrected chi connectivity index (χ4v) is 3.88. The van der Waals surface area contributed by atoms with E-state index in [0.29, 0.717) is 16.9 Å². The minimum atomic E-state index is -1.17. The van der Waals surface area contributed by atoms with Crippen molar-refractivity contribution >= 4 is 11.7 Å². The molecule has 0 N–H and O–H groups in total. The van der Waals surface area contributed by atoms with E-state index in [-0.39, 0.29) is 24.5 Å². The molecule has 1 fully saturated rings. The maximum Gasteiger partial charge on any atom is 0.278 e. The van der Waals surface area contributed by atoms with Gasteiger partial charge in [0, 0.05) is 38.5 Å². The van der Waals surface area contributed by atoms with Crippen LogP contribution in [0.3, 0.4) is 0 Å². The largest absolute Gasteiger partial charge is 0.497 e. The number of Topliss-reactive ketones (excluding diaryl/α,β-unsaturated/α-hetero) is 1. The number of rotatable bonds is 4. The van der Waals surface area contributed by atoms with Gasteiger partial charge in [0.1, 0.15) is 17.6 Å². The van der Waals surface area contributed by atoms with Crippen molar-refractivity contribution in [1.29, 1.82) is 0 Å². The molecule has 3 rings (SSSR count). The molecule has 0 unspecified atom stereocenters. The van der Waals surface area contributed by atoms with E-state index in [2.05, 4.69) is 0 Å². The molecule has 1 aromatic carbocycles. The highest BCUT2D eigenvalue weighted by molar-refractivity contribution is 5.98. The Morgan fingerprint density at radius 1 is 1.08 bits per heavy atom. The average Bonchev–Trinajstić information content (AvgIpc) is 2.64. The number of nitrogens with zero attached hydrogens (tertiary/aromatic N) is 1. The van der Waals surface area contributed by atoms with Crippen LogP contribution in [-0.2, 0) is 19.1 Å². The summed E-state index contributed by atoms with van der Waals surface area (Å²) < 4.78 is 16.8. The third-order valence-corrected chi connectivity index (χ3v) is 4.99. The number of methoxy groups -OCH3 is 3. The number of carbonyl (C=O) groups excluding carboxylic acids is 2. The third kappa shape index (κ3) is 2.23. The Kier molecular flexibility index (Phi) is 4.33. The lowest BCUT2D eigenvalue weighted by Crippen LogP contribution is -2.61. The van der Waals surface area contributed by atoms with Crippen LogP contribution in [0.15, 0.2) is 18.2 Å². The quantitative estimate of drug-likeness (QED) is 0.777. The standard InChI is InChI=1S/C17H21NO6/c1-21-11-5-6-12-13(9-11)14-7-10(19)8-15(17(14,22-2)23-3)18(24-4)16(12)20/h5-6,9,14-15H,7-8H2,1-4H3/t14-,15-/m0/s1. The highest BCUT2D eigenvalue weighted by Crippen LogP contribution is 2.48. The minimum absolute atomic E-state index is 0.0280. The molecule has 2 bridgehead atoms. The van der Waals surface area contributed by atoms with Crippen molar-refractivity contribution in [2.24, 2.45) is 0 Å². The van der Waals surface area contributed by atoms with Gasteiger partial charge in [-0.1, -0.05) is 0 Å². The Morgan fingerprint density at radius 3 is 2.38 bits per heavy atom. The van der Waals surface area contributed by atoms with E-state index in [1.54, 1.807) is 25.3 Å². The zero-order valence-electron chi connectivity index (χ0n) is 14.2. The molecular weight excluding hydrogens is 314 g/mol. The number of amides is 1. The summed E-state index contributed by atoms with van der Waals surface area (Å²) in [5, 5.41) is 1.19. The van der Waals surface area contributed by atoms with Gasteiger partial charge in [-0.25, -0.2) is 5.06 Å². The zero-order valence-corrected chi connectivity index (χ0v) is 14.2. The summed E-state index contributed by atoms with van der Waals surface area (Å²) in [4.78, 5) is 30.6. The van der Waals surface area contributed by atoms with Gasteiger partial charge in [-0.2, -0.15) is 0 Å². The molecule has 0 radical (unpaired) electrons. The first-order chi connectivity index (χ1) is 11.5. The molecule has 24 heavy (non-hydrogen) atoms. The van der Waals surface area contributed by atoms with Crippen molar-refractivity contribution < 1.29 is 28.6 Å². The predicted molar refractivity (Wildman–Crippen MR) is 83.7 cm³/mol. The number of carbonyl (C=O) groups is 2. The maximum absolute atomic E-state index is 13.0. The fraction of sp³-hybridized carbons (Fsp3) is 0.529. The summed E-state index contributed by atoms with van der Waals surface area (Å²) in [6, 6.07) is 4.49. The molecule has 1 aliphatic heterocycles. The van der Waals surface area contributed by atoms with Crippen molar-refractivity contribution in [3.63, 3.8) is 0 Å². The van der Waals surface area contributed by atoms with Crippen LogP contribution in [0, 0.1) is 0 Å². The summed E-state index contributed by atoms with van der Waals surface area (Å²) in [5.41, 5.74) is 1.12. The maximum atomic E-state index is 13.0. The summed E-state index contributed by atoms with van der Waals surface area (Å²) >= 11 is 0. The highest BCUT2D eigenvalue weighted by Gasteiger charge is 2.58. The van der Waals surface area contributed by atoms with Crippen molar-refractivity contribution in [3.05, 3.63) is 29.3 Å². The summed E-state index contributed by atoms with van der Waals surface area (Å²) in [6.45, 7) is 0. The van der Waals surface area contributed by atoms with Gasteiger partial charge < -0.3 is 14.2 Å². The number of ketones is 1. The van der Waals surface area contributed by atoms with Gasteiger partial charge >= 0.3 is 0 Å². The van der Waals surface area contributed by atoms with E-state index in [9.17, 15) is 9.59 Å². The molecule has 1 saturated carbocycles. The first-order valence-corrected chi connectivity index (χ1v) is 7.70. The van der Waals surface area contributed by atoms with Gasteiger partial charge in [-0.05, 0) is 23.8 Å². The smallest absolute Gasteiger partial charge is 0.278 e. The number of benzene rings is 1. The van der Waals surface area contributed by atoms with Crippen LogP contribution in [0.5, 0.6) is 5.75 Å². The predicted octanol–water partition coefficient (Wildman–Crippen LogP) is 1.52. The first kappa shape index (κ1) is 16.9. The molecule has 2 aliphatic rings. The highest BCUT2D eigenvalue weighted by atomic mass is 16.7. The molecule has 1 aromatic rings. The Hall–Kier alpha value is -1.96. The zero-order chi connectivity index (χ0) is 17.5. The van der Waals surface area contributed by atoms with Gasteiger partial charge in [0.25, 0.3) is 5.91 Å². The van der Waals surface area contributed by atoms with Crippen molar-refractivity contribution in [3.8, 4) is 5.75 Å². The molecule has 0 spiro atoms. The van der Waals surface area contributed by atoms with Crippen molar-refractivity contribution in [2.45, 2.75) is 30.6 Å². The minimum Gasteiger partial charge on any atom is -0.497 e. The number of hydroxylamine groups is 2. The number of fused-ring (bicyclic) bond motifs is 4. The number of hydrogen-bond acceptors (Lipinski definition) is 6. The van der Waals surface area contributed by atoms with E-state index < -0.39 is 17.7 Å². The van der Waals surface area contributed by atoms with Crippen LogP contribution in [0.1, 0.15) is 34.7 Å². The van der Waals surface area contributed by atoms with Gasteiger partial charge in [0.2, 0.25) is 0 Å². The van der Waals surface area contributed by atoms with Gasteiger partial charge in [-0.15, -0.1) is 0 Å². The van der Waals surface area contributed by atoms with Crippen LogP contribution in [0.4, 0.5) is 0 Å². The molecule has 7 nitrogen and oxygen atoms in total. The Bertz CT molecular complexity index is 669. The molecule has 1 amide bonds. The molecular formula is C17H21NO6. The Morgan fingerprint density at radius 2 is 1.79 bits per heavy atom. The average molecular weight is 335 g/mol. The summed E-state index contributed by atoms with van der Waals surface area (Å²) in [7, 11) is 5.98. The lowest BCUT2D eigenvalue weighted by molar-refractivity contribution is -0.292. The van der Waals surface area contributed by atoms with E-state index in [1.807, 2.05) is 0 Å². The van der Waals surface area contributed by atoms with Crippen LogP contribution < -0.4 is 4.74 Å². The second kappa shape index (κ2) is 6.16. The molecule has 0 saturated heterocycles. The molecule has 7 heteroatoms. The van der Waals surface area contributed by atoms with Gasteiger partial charge in [0.15, 0.2) is 5.79 Å². The lowest BCUT2D eigenvalue weighted by atomic mass is 9.75. The second-order valence-corrected chi connectivity index (χ2v) is 5.91. The van der Waals surface area contributed by atoms with Crippen LogP contribution in [-0.4, -0.2) is 57.0 Å². The van der Waals surface area contributed by atoms with E-state index in [0.717, 1.165) is 0 Å². The van der Waals surface area contributed by atoms with Crippen LogP contribution in [0.2, 0.25) is 0 Å². The van der Waals surface area contributed by atoms with E-state index in [1.165, 1.54) is 26.4 Å². The second-order valence-electron chi connectivity index (χ2n) is 5.91. The number of hydrogen-bond donors (Lipinski definition) is 0. The van der Waals surface area contributed by atoms with Crippen LogP contribution >= 0.6 is 0 Å². The molecule has 2 atom stereocenters. The molecule has 130 valence electrons. The normalized spacial score (nSPS) is 25.2. The SMILES string of the molecule is COc1ccc2c(c1)[C@@H]1CC(=O)C[C@H](N(OC)C2=O)C1(OC)OC. The molecule has 0 aromatic heterocycles. The van der Waals surface area contributed by atoms with Gasteiger partial charge in [-0.3, -0.25) is 14.4 Å². The topological polar surface area (TPSA) is 74.3 Å². The third-order valence-electron chi connectivity index (χ3n) is 4.99. The summed E-state index contributed by atoms with van der Waals surface area (Å²) in [6.07, 6.45) is 0.339. The van der Waals surface area contributed by atoms with Crippen LogP contribution in [0.25, 0.3) is 0 Å². The monoisotopic (exact) mass is 335 g/mol. The van der Waals surface area contributed by atoms with E-state index in [4.69, 9.17) is 19.0 Å². The van der Waals surface area contributed by atoms with Crippen molar-refractivity contribution in [2.75, 3.05) is 28.4 Å². The number of ether oxygens (including phenoxy) is 3. The summed E-state index contributed by atoms with van der Waals surface area (Å²) in [5.74, 6) is -1.30. The first-order valence-electron chi connectivity index (χ1n) is 7.70. The fourth-order valence-electron chi connectivity index (χ4n) is 3.88. The van der Waals surface area contributed by atoms with Crippen molar-refractivity contribution in [1.82, 2.24) is 5.06 Å². The van der Waals surface area contributed by atoms with Gasteiger partial charge in [0.05, 0.1) is 14.2 Å². The molecule has 1 heterocycles. The van der Waals surface area contributed by atoms with E-state index >= 15 is 0 Å². The molecule has 1 aliphatic carbocycles. The lowest BCUT2D eigenvalue weighted by Gasteiger charge is -2.47. The Labute approximate surface area is 140 Å².